The molecule has 10 rings (SSSR count). The van der Waals surface area contributed by atoms with E-state index in [9.17, 15) is 0 Å². The van der Waals surface area contributed by atoms with Crippen molar-refractivity contribution in [1.29, 1.82) is 0 Å². The summed E-state index contributed by atoms with van der Waals surface area (Å²) in [5, 5.41) is 2.51. The summed E-state index contributed by atoms with van der Waals surface area (Å²) in [7, 11) is 0. The lowest BCUT2D eigenvalue weighted by molar-refractivity contribution is 0.661. The van der Waals surface area contributed by atoms with Gasteiger partial charge in [0.1, 0.15) is 0 Å². The van der Waals surface area contributed by atoms with Crippen molar-refractivity contribution in [2.45, 2.75) is 19.3 Å². The van der Waals surface area contributed by atoms with Gasteiger partial charge in [0.15, 0.2) is 5.82 Å². The van der Waals surface area contributed by atoms with Crippen LogP contribution in [0, 0.1) is 0 Å². The van der Waals surface area contributed by atoms with Crippen LogP contribution in [0.2, 0.25) is 0 Å². The maximum absolute atomic E-state index is 5.18. The number of fused-ring (bicyclic) bond motifs is 7. The van der Waals surface area contributed by atoms with Crippen LogP contribution in [0.3, 0.4) is 0 Å². The number of hydrogen-bond donors (Lipinski definition) is 0. The maximum Gasteiger partial charge on any atom is 0.160 e. The van der Waals surface area contributed by atoms with Crippen molar-refractivity contribution < 1.29 is 0 Å². The highest BCUT2D eigenvalue weighted by atomic mass is 15.0. The summed E-state index contributed by atoms with van der Waals surface area (Å²) in [4.78, 5) is 10.2. The van der Waals surface area contributed by atoms with Crippen molar-refractivity contribution >= 4 is 21.8 Å². The Balaban J connectivity index is 1.27. The van der Waals surface area contributed by atoms with Gasteiger partial charge in [-0.3, -0.25) is 0 Å². The molecule has 0 amide bonds. The Morgan fingerprint density at radius 2 is 1.06 bits per heavy atom. The first-order valence-corrected chi connectivity index (χ1v) is 17.9. The second-order valence-electron chi connectivity index (χ2n) is 14.2. The van der Waals surface area contributed by atoms with Gasteiger partial charge >= 0.3 is 0 Å². The quantitative estimate of drug-likeness (QED) is 0.183. The van der Waals surface area contributed by atoms with Crippen molar-refractivity contribution in [1.82, 2.24) is 14.5 Å². The van der Waals surface area contributed by atoms with Crippen LogP contribution in [0.4, 0.5) is 0 Å². The van der Waals surface area contributed by atoms with Crippen molar-refractivity contribution in [2.24, 2.45) is 0 Å². The zero-order valence-corrected chi connectivity index (χ0v) is 29.1. The molecule has 0 bridgehead atoms. The van der Waals surface area contributed by atoms with Gasteiger partial charge in [0.2, 0.25) is 0 Å². The zero-order chi connectivity index (χ0) is 34.8. The van der Waals surface area contributed by atoms with Crippen molar-refractivity contribution in [2.75, 3.05) is 0 Å². The third-order valence-corrected chi connectivity index (χ3v) is 10.8. The summed E-state index contributed by atoms with van der Waals surface area (Å²) >= 11 is 0. The van der Waals surface area contributed by atoms with Gasteiger partial charge in [-0.2, -0.15) is 0 Å². The largest absolute Gasteiger partial charge is 0.309 e. The minimum absolute atomic E-state index is 0.174. The molecule has 7 aromatic carbocycles. The Morgan fingerprint density at radius 1 is 0.462 bits per heavy atom. The highest BCUT2D eigenvalue weighted by molar-refractivity contribution is 6.21. The van der Waals surface area contributed by atoms with Crippen LogP contribution in [0.5, 0.6) is 0 Å². The minimum Gasteiger partial charge on any atom is -0.309 e. The SMILES string of the molecule is CC1(C)c2ccccc2-c2c1cc(-c1cccc(-c3cc(-c4ccccc4)nc(-c4ccccc4)n3)c1)c1c3ccccc3n(-c3ccccc3)c21. The molecule has 0 atom stereocenters. The number of rotatable bonds is 5. The molecule has 52 heavy (non-hydrogen) atoms. The van der Waals surface area contributed by atoms with Crippen LogP contribution in [0.25, 0.3) is 83.6 Å². The molecule has 0 aliphatic heterocycles. The fourth-order valence-electron chi connectivity index (χ4n) is 8.31. The second-order valence-corrected chi connectivity index (χ2v) is 14.2. The first-order chi connectivity index (χ1) is 25.6. The summed E-state index contributed by atoms with van der Waals surface area (Å²) in [5.74, 6) is 0.715. The van der Waals surface area contributed by atoms with Gasteiger partial charge in [-0.05, 0) is 64.2 Å². The molecule has 0 saturated heterocycles. The van der Waals surface area contributed by atoms with Crippen molar-refractivity contribution in [3.05, 3.63) is 187 Å². The lowest BCUT2D eigenvalue weighted by Gasteiger charge is -2.23. The van der Waals surface area contributed by atoms with E-state index in [4.69, 9.17) is 9.97 Å². The van der Waals surface area contributed by atoms with Crippen LogP contribution in [-0.2, 0) is 5.41 Å². The predicted octanol–water partition coefficient (Wildman–Crippen LogP) is 12.5. The molecule has 0 radical (unpaired) electrons. The van der Waals surface area contributed by atoms with E-state index in [0.29, 0.717) is 5.82 Å². The standard InChI is InChI=1S/C49H35N3/c1-49(2)40-27-14-12-25-37(40)46-41(49)30-39(45-38-26-13-15-28-44(38)52(47(45)46)36-23-10-5-11-24-36)34-21-16-22-35(29-34)43-31-42(32-17-6-3-7-18-32)50-48(51-43)33-19-8-4-9-20-33/h3-31H,1-2H3. The molecule has 0 spiro atoms. The molecule has 3 nitrogen and oxygen atoms in total. The predicted molar refractivity (Wildman–Crippen MR) is 216 cm³/mol. The van der Waals surface area contributed by atoms with E-state index >= 15 is 0 Å². The van der Waals surface area contributed by atoms with E-state index in [1.165, 1.54) is 49.6 Å². The van der Waals surface area contributed by atoms with Gasteiger partial charge in [0.25, 0.3) is 0 Å². The lowest BCUT2D eigenvalue weighted by atomic mass is 9.81. The second kappa shape index (κ2) is 11.8. The summed E-state index contributed by atoms with van der Waals surface area (Å²) in [6, 6.07) is 62.8. The van der Waals surface area contributed by atoms with Crippen LogP contribution in [-0.4, -0.2) is 14.5 Å². The van der Waals surface area contributed by atoms with E-state index in [1.807, 2.05) is 24.3 Å². The first kappa shape index (κ1) is 30.3. The van der Waals surface area contributed by atoms with Crippen LogP contribution >= 0.6 is 0 Å². The van der Waals surface area contributed by atoms with Gasteiger partial charge in [-0.15, -0.1) is 0 Å². The van der Waals surface area contributed by atoms with E-state index in [0.717, 1.165) is 39.3 Å². The zero-order valence-electron chi connectivity index (χ0n) is 29.1. The molecule has 0 N–H and O–H groups in total. The van der Waals surface area contributed by atoms with E-state index in [-0.39, 0.29) is 5.41 Å². The highest BCUT2D eigenvalue weighted by Gasteiger charge is 2.38. The molecule has 0 unspecified atom stereocenters. The summed E-state index contributed by atoms with van der Waals surface area (Å²) in [6.07, 6.45) is 0. The number of hydrogen-bond acceptors (Lipinski definition) is 2. The molecular weight excluding hydrogens is 631 g/mol. The number of nitrogens with zero attached hydrogens (tertiary/aromatic N) is 3. The third kappa shape index (κ3) is 4.66. The fraction of sp³-hybridized carbons (Fsp3) is 0.0612. The Kier molecular flexibility index (Phi) is 6.84. The molecule has 3 heteroatoms. The van der Waals surface area contributed by atoms with Crippen LogP contribution in [0.15, 0.2) is 176 Å². The average Bonchev–Trinajstić information content (AvgIpc) is 3.67. The summed E-state index contributed by atoms with van der Waals surface area (Å²) < 4.78 is 2.48. The molecule has 0 saturated carbocycles. The average molecular weight is 666 g/mol. The first-order valence-electron chi connectivity index (χ1n) is 17.9. The number of aromatic nitrogens is 3. The van der Waals surface area contributed by atoms with Gasteiger partial charge < -0.3 is 4.57 Å². The van der Waals surface area contributed by atoms with E-state index in [1.54, 1.807) is 0 Å². The number of benzene rings is 7. The maximum atomic E-state index is 5.18. The Bertz CT molecular complexity index is 2740. The van der Waals surface area contributed by atoms with Gasteiger partial charge in [-0.25, -0.2) is 9.97 Å². The van der Waals surface area contributed by atoms with Gasteiger partial charge in [0, 0.05) is 44.1 Å². The third-order valence-electron chi connectivity index (χ3n) is 10.8. The Labute approximate surface area is 303 Å². The minimum atomic E-state index is -0.174. The molecule has 9 aromatic rings. The molecule has 1 aliphatic carbocycles. The monoisotopic (exact) mass is 665 g/mol. The lowest BCUT2D eigenvalue weighted by Crippen LogP contribution is -2.15. The van der Waals surface area contributed by atoms with Gasteiger partial charge in [-0.1, -0.05) is 153 Å². The normalized spacial score (nSPS) is 13.0. The van der Waals surface area contributed by atoms with Crippen LogP contribution < -0.4 is 0 Å². The molecule has 1 aliphatic rings. The molecule has 2 heterocycles. The van der Waals surface area contributed by atoms with E-state index < -0.39 is 0 Å². The van der Waals surface area contributed by atoms with Gasteiger partial charge in [0.05, 0.1) is 22.4 Å². The van der Waals surface area contributed by atoms with Crippen molar-refractivity contribution in [3.63, 3.8) is 0 Å². The molecule has 0 fully saturated rings. The topological polar surface area (TPSA) is 30.7 Å². The molecule has 2 aromatic heterocycles. The summed E-state index contributed by atoms with van der Waals surface area (Å²) in [5.41, 5.74) is 16.1. The van der Waals surface area contributed by atoms with Crippen molar-refractivity contribution in [3.8, 4) is 61.8 Å². The molecular formula is C49H35N3. The van der Waals surface area contributed by atoms with Crippen LogP contribution in [0.1, 0.15) is 25.0 Å². The highest BCUT2D eigenvalue weighted by Crippen LogP contribution is 2.55. The number of para-hydroxylation sites is 2. The smallest absolute Gasteiger partial charge is 0.160 e. The fourth-order valence-corrected chi connectivity index (χ4v) is 8.31. The molecule has 246 valence electrons. The van der Waals surface area contributed by atoms with E-state index in [2.05, 4.69) is 170 Å². The summed E-state index contributed by atoms with van der Waals surface area (Å²) in [6.45, 7) is 4.74. The Hall–Kier alpha value is -6.58. The Morgan fingerprint density at radius 3 is 1.83 bits per heavy atom.